The Morgan fingerprint density at radius 2 is 0.667 bits per heavy atom. The van der Waals surface area contributed by atoms with Crippen molar-refractivity contribution in [3.05, 3.63) is 109 Å². The molecule has 0 spiro atoms. The van der Waals surface area contributed by atoms with Crippen LogP contribution in [-0.2, 0) is 42.2 Å². The zero-order valence-electron chi connectivity index (χ0n) is 49.3. The normalized spacial score (nSPS) is 14.1. The summed E-state index contributed by atoms with van der Waals surface area (Å²) in [6.07, 6.45) is 71.8. The maximum absolute atomic E-state index is 12.9. The van der Waals surface area contributed by atoms with Gasteiger partial charge in [-0.25, -0.2) is 4.57 Å². The van der Waals surface area contributed by atoms with Crippen molar-refractivity contribution in [3.8, 4) is 0 Å². The monoisotopic (exact) mass is 1110 g/mol. The van der Waals surface area contributed by atoms with Crippen LogP contribution in [0, 0.1) is 0 Å². The van der Waals surface area contributed by atoms with E-state index >= 15 is 0 Å². The second-order valence-corrected chi connectivity index (χ2v) is 21.6. The number of rotatable bonds is 56. The van der Waals surface area contributed by atoms with Crippen molar-refractivity contribution >= 4 is 25.7 Å². The number of hydrogen-bond acceptors (Lipinski definition) is 10. The molecule has 0 saturated heterocycles. The molecule has 0 aliphatic carbocycles. The summed E-state index contributed by atoms with van der Waals surface area (Å²) in [5, 5.41) is 9.84. The third kappa shape index (κ3) is 56.8. The molecule has 0 aromatic rings. The topological polar surface area (TPSA) is 155 Å². The van der Waals surface area contributed by atoms with Crippen LogP contribution in [0.3, 0.4) is 0 Å². The standard InChI is InChI=1S/C66H111O11P/c1-4-7-10-13-16-19-22-25-28-30-31-33-36-39-42-45-48-51-54-57-66(70)77-63(59-73-64(68)55-52-49-46-43-40-37-34-27-24-21-18-15-12-9-6-3)61-75-78(71,72)74-60-62(58-67)76-65(69)56-53-50-47-44-41-38-35-32-29-26-23-20-17-14-11-8-5-2/h7-8,10-11,16-17,19-20,25-26,28-29,31,33,35,38-39,42,62-63,67H,4-6,9,12-15,18,21-24,27,30,32,34,36-37,40-41,43-61H2,1-3H3,(H,71,72)/b10-7-,11-8-,19-16-,20-17-,28-25-,29-26-,33-31-,38-35-,42-39-. The molecule has 0 fully saturated rings. The van der Waals surface area contributed by atoms with E-state index < -0.39 is 57.8 Å². The molecule has 0 rings (SSSR count). The third-order valence-electron chi connectivity index (χ3n) is 12.7. The van der Waals surface area contributed by atoms with Gasteiger partial charge in [0.15, 0.2) is 6.10 Å². The van der Waals surface area contributed by atoms with Gasteiger partial charge in [0, 0.05) is 19.3 Å². The van der Waals surface area contributed by atoms with E-state index in [0.29, 0.717) is 19.3 Å². The Morgan fingerprint density at radius 1 is 0.372 bits per heavy atom. The first-order valence-electron chi connectivity index (χ1n) is 30.8. The molecule has 3 unspecified atom stereocenters. The predicted octanol–water partition coefficient (Wildman–Crippen LogP) is 18.6. The van der Waals surface area contributed by atoms with Gasteiger partial charge in [-0.3, -0.25) is 23.4 Å². The highest BCUT2D eigenvalue weighted by atomic mass is 31.2. The molecule has 0 amide bonds. The molecule has 0 bridgehead atoms. The second kappa shape index (κ2) is 59.3. The molecular formula is C66H111O11P. The van der Waals surface area contributed by atoms with Crippen molar-refractivity contribution in [3.63, 3.8) is 0 Å². The maximum atomic E-state index is 12.9. The number of aliphatic hydroxyl groups excluding tert-OH is 1. The quantitative estimate of drug-likeness (QED) is 0.0197. The molecule has 0 aliphatic rings. The molecule has 0 aliphatic heterocycles. The molecule has 78 heavy (non-hydrogen) atoms. The molecule has 12 heteroatoms. The van der Waals surface area contributed by atoms with Gasteiger partial charge in [0.05, 0.1) is 19.8 Å². The van der Waals surface area contributed by atoms with E-state index in [1.54, 1.807) is 0 Å². The first kappa shape index (κ1) is 74.1. The number of esters is 3. The molecular weight excluding hydrogens is 1000 g/mol. The van der Waals surface area contributed by atoms with Crippen LogP contribution in [0.2, 0.25) is 0 Å². The molecule has 446 valence electrons. The van der Waals surface area contributed by atoms with Crippen molar-refractivity contribution in [2.45, 2.75) is 264 Å². The van der Waals surface area contributed by atoms with E-state index in [4.69, 9.17) is 23.3 Å². The Hall–Kier alpha value is -3.86. The predicted molar refractivity (Wildman–Crippen MR) is 325 cm³/mol. The average molecular weight is 1110 g/mol. The van der Waals surface area contributed by atoms with E-state index in [1.165, 1.54) is 70.6 Å². The highest BCUT2D eigenvalue weighted by molar-refractivity contribution is 7.47. The minimum atomic E-state index is -4.77. The van der Waals surface area contributed by atoms with Gasteiger partial charge in [0.1, 0.15) is 12.7 Å². The Morgan fingerprint density at radius 3 is 1.04 bits per heavy atom. The van der Waals surface area contributed by atoms with E-state index in [1.807, 2.05) is 0 Å². The second-order valence-electron chi connectivity index (χ2n) is 20.1. The van der Waals surface area contributed by atoms with Crippen molar-refractivity contribution in [1.82, 2.24) is 0 Å². The summed E-state index contributed by atoms with van der Waals surface area (Å²) in [5.41, 5.74) is 0. The lowest BCUT2D eigenvalue weighted by Crippen LogP contribution is -2.30. The number of carbonyl (C=O) groups is 3. The number of phosphoric acid groups is 1. The van der Waals surface area contributed by atoms with E-state index in [-0.39, 0.29) is 25.9 Å². The Labute approximate surface area is 475 Å². The SMILES string of the molecule is CC/C=C\C/C=C\C/C=C\C/C=C\C/C=C\CCCCCC(=O)OC(COC(=O)CCCCCCCCCCCCCCCCC)COP(=O)(O)OCC(CO)OC(=O)CCCCCC/C=C\C/C=C\C/C=C\C/C=C\CC. The van der Waals surface area contributed by atoms with Gasteiger partial charge < -0.3 is 24.2 Å². The van der Waals surface area contributed by atoms with Gasteiger partial charge in [0.2, 0.25) is 0 Å². The van der Waals surface area contributed by atoms with Crippen molar-refractivity contribution in [2.24, 2.45) is 0 Å². The van der Waals surface area contributed by atoms with Gasteiger partial charge in [-0.15, -0.1) is 0 Å². The zero-order valence-corrected chi connectivity index (χ0v) is 50.2. The average Bonchev–Trinajstić information content (AvgIpc) is 3.43. The van der Waals surface area contributed by atoms with Crippen LogP contribution in [0.1, 0.15) is 252 Å². The molecule has 0 radical (unpaired) electrons. The van der Waals surface area contributed by atoms with Crippen molar-refractivity contribution in [2.75, 3.05) is 26.4 Å². The molecule has 11 nitrogen and oxygen atoms in total. The lowest BCUT2D eigenvalue weighted by Gasteiger charge is -2.21. The summed E-state index contributed by atoms with van der Waals surface area (Å²) in [7, 11) is -4.77. The van der Waals surface area contributed by atoms with E-state index in [0.717, 1.165) is 122 Å². The molecule has 2 N–H and O–H groups in total. The number of phosphoric ester groups is 1. The van der Waals surface area contributed by atoms with Crippen LogP contribution >= 0.6 is 7.82 Å². The summed E-state index contributed by atoms with van der Waals surface area (Å²) in [5.74, 6) is -1.53. The fourth-order valence-electron chi connectivity index (χ4n) is 8.08. The van der Waals surface area contributed by atoms with Gasteiger partial charge >= 0.3 is 25.7 Å². The Bertz CT molecular complexity index is 1720. The van der Waals surface area contributed by atoms with Crippen LogP contribution < -0.4 is 0 Å². The first-order chi connectivity index (χ1) is 38.2. The summed E-state index contributed by atoms with van der Waals surface area (Å²) >= 11 is 0. The summed E-state index contributed by atoms with van der Waals surface area (Å²) in [4.78, 5) is 48.7. The highest BCUT2D eigenvalue weighted by Gasteiger charge is 2.28. The zero-order chi connectivity index (χ0) is 56.9. The number of allylic oxidation sites excluding steroid dienone is 18. The summed E-state index contributed by atoms with van der Waals surface area (Å²) in [6, 6.07) is 0. The smallest absolute Gasteiger partial charge is 0.462 e. The minimum Gasteiger partial charge on any atom is -0.462 e. The summed E-state index contributed by atoms with van der Waals surface area (Å²) in [6.45, 7) is 4.37. The molecule has 0 aromatic carbocycles. The largest absolute Gasteiger partial charge is 0.472 e. The fourth-order valence-corrected chi connectivity index (χ4v) is 8.86. The van der Waals surface area contributed by atoms with Crippen LogP contribution in [0.4, 0.5) is 0 Å². The van der Waals surface area contributed by atoms with Crippen molar-refractivity contribution < 1.29 is 52.2 Å². The highest BCUT2D eigenvalue weighted by Crippen LogP contribution is 2.43. The molecule has 3 atom stereocenters. The van der Waals surface area contributed by atoms with E-state index in [9.17, 15) is 28.9 Å². The van der Waals surface area contributed by atoms with Crippen LogP contribution in [0.5, 0.6) is 0 Å². The maximum Gasteiger partial charge on any atom is 0.472 e. The molecule has 0 heterocycles. The molecule has 0 saturated carbocycles. The van der Waals surface area contributed by atoms with Gasteiger partial charge in [-0.1, -0.05) is 239 Å². The lowest BCUT2D eigenvalue weighted by atomic mass is 10.0. The number of unbranched alkanes of at least 4 members (excludes halogenated alkanes) is 21. The van der Waals surface area contributed by atoms with Gasteiger partial charge in [0.25, 0.3) is 0 Å². The van der Waals surface area contributed by atoms with Gasteiger partial charge in [-0.2, -0.15) is 0 Å². The third-order valence-corrected chi connectivity index (χ3v) is 13.6. The van der Waals surface area contributed by atoms with Crippen LogP contribution in [0.25, 0.3) is 0 Å². The number of carbonyl (C=O) groups excluding carboxylic acids is 3. The van der Waals surface area contributed by atoms with Crippen LogP contribution in [0.15, 0.2) is 109 Å². The fraction of sp³-hybridized carbons (Fsp3) is 0.682. The van der Waals surface area contributed by atoms with Crippen LogP contribution in [-0.4, -0.2) is 66.5 Å². The number of hydrogen-bond donors (Lipinski definition) is 2. The minimum absolute atomic E-state index is 0.123. The Kier molecular flexibility index (Phi) is 56.3. The first-order valence-corrected chi connectivity index (χ1v) is 32.3. The van der Waals surface area contributed by atoms with Gasteiger partial charge in [-0.05, 0) is 103 Å². The molecule has 0 aromatic heterocycles. The summed E-state index contributed by atoms with van der Waals surface area (Å²) < 4.78 is 39.6. The van der Waals surface area contributed by atoms with E-state index in [2.05, 4.69) is 130 Å². The lowest BCUT2D eigenvalue weighted by molar-refractivity contribution is -0.161. The van der Waals surface area contributed by atoms with Crippen molar-refractivity contribution in [1.29, 1.82) is 0 Å². The number of ether oxygens (including phenoxy) is 3. The number of aliphatic hydroxyl groups is 1. The Balaban J connectivity index is 4.79.